The number of furan rings is 1. The molecule has 11 aromatic carbocycles. The van der Waals surface area contributed by atoms with Gasteiger partial charge in [-0.1, -0.05) is 194 Å². The number of rotatable bonds is 7. The third-order valence-electron chi connectivity index (χ3n) is 12.5. The van der Waals surface area contributed by atoms with Gasteiger partial charge in [-0.2, -0.15) is 0 Å². The molecular weight excluding hydrogens is 751 g/mol. The predicted octanol–water partition coefficient (Wildman–Crippen LogP) is 17.2. The van der Waals surface area contributed by atoms with Crippen LogP contribution in [0.2, 0.25) is 0 Å². The van der Waals surface area contributed by atoms with E-state index in [0.29, 0.717) is 0 Å². The molecule has 12 rings (SSSR count). The van der Waals surface area contributed by atoms with Gasteiger partial charge in [-0.05, 0) is 114 Å². The molecular formula is C60H39NO. The molecule has 0 atom stereocenters. The largest absolute Gasteiger partial charge is 0.456 e. The average Bonchev–Trinajstić information content (AvgIpc) is 3.74. The molecule has 290 valence electrons. The predicted molar refractivity (Wildman–Crippen MR) is 263 cm³/mol. The number of hydrogen-bond donors (Lipinski definition) is 0. The zero-order valence-corrected chi connectivity index (χ0v) is 33.9. The summed E-state index contributed by atoms with van der Waals surface area (Å²) < 4.78 is 6.31. The zero-order valence-electron chi connectivity index (χ0n) is 33.9. The van der Waals surface area contributed by atoms with Crippen LogP contribution >= 0.6 is 0 Å². The Hall–Kier alpha value is -8.20. The van der Waals surface area contributed by atoms with E-state index in [1.807, 2.05) is 6.07 Å². The van der Waals surface area contributed by atoms with Crippen molar-refractivity contribution in [3.63, 3.8) is 0 Å². The van der Waals surface area contributed by atoms with Crippen molar-refractivity contribution in [2.75, 3.05) is 4.90 Å². The van der Waals surface area contributed by atoms with Gasteiger partial charge < -0.3 is 9.32 Å². The van der Waals surface area contributed by atoms with Gasteiger partial charge in [0.05, 0.1) is 5.69 Å². The molecule has 0 fully saturated rings. The minimum Gasteiger partial charge on any atom is -0.456 e. The Labute approximate surface area is 360 Å². The van der Waals surface area contributed by atoms with Crippen molar-refractivity contribution in [2.45, 2.75) is 0 Å². The summed E-state index contributed by atoms with van der Waals surface area (Å²) in [6, 6.07) is 85.6. The minimum absolute atomic E-state index is 0.901. The van der Waals surface area contributed by atoms with Crippen LogP contribution in [-0.4, -0.2) is 0 Å². The third-order valence-corrected chi connectivity index (χ3v) is 12.5. The highest BCUT2D eigenvalue weighted by molar-refractivity contribution is 6.19. The van der Waals surface area contributed by atoms with Gasteiger partial charge in [-0.15, -0.1) is 0 Å². The molecule has 12 aromatic rings. The molecule has 0 unspecified atom stereocenters. The molecule has 1 heterocycles. The fourth-order valence-corrected chi connectivity index (χ4v) is 9.66. The monoisotopic (exact) mass is 789 g/mol. The standard InChI is InChI=1S/C60H39NO/c1-3-15-40(16-4-1)48-25-11-19-43-20-12-27-50(58(43)48)42-31-34-46(35-32-42)61(47-36-37-51-45(39-47)33-38-57-60(51)54-24-8-10-30-56(54)62-57)55-29-9-7-23-52(55)53-28-14-22-44-21-13-26-49(59(44)53)41-17-5-2-6-18-41/h1-39H. The normalized spacial score (nSPS) is 11.5. The highest BCUT2D eigenvalue weighted by atomic mass is 16.3. The van der Waals surface area contributed by atoms with Crippen LogP contribution < -0.4 is 4.90 Å². The van der Waals surface area contributed by atoms with Crippen LogP contribution in [0.15, 0.2) is 241 Å². The summed E-state index contributed by atoms with van der Waals surface area (Å²) in [4.78, 5) is 2.43. The first-order valence-corrected chi connectivity index (χ1v) is 21.3. The molecule has 2 heteroatoms. The van der Waals surface area contributed by atoms with Gasteiger partial charge in [0.1, 0.15) is 11.2 Å². The van der Waals surface area contributed by atoms with Crippen molar-refractivity contribution < 1.29 is 4.42 Å². The first kappa shape index (κ1) is 35.7. The van der Waals surface area contributed by atoms with Crippen LogP contribution in [0, 0.1) is 0 Å². The molecule has 0 radical (unpaired) electrons. The number of hydrogen-bond acceptors (Lipinski definition) is 2. The van der Waals surface area contributed by atoms with Crippen molar-refractivity contribution in [1.29, 1.82) is 0 Å². The van der Waals surface area contributed by atoms with Gasteiger partial charge in [0.2, 0.25) is 0 Å². The summed E-state index contributed by atoms with van der Waals surface area (Å²) in [5.41, 5.74) is 14.7. The average molecular weight is 790 g/mol. The van der Waals surface area contributed by atoms with Gasteiger partial charge in [0, 0.05) is 27.7 Å². The van der Waals surface area contributed by atoms with E-state index < -0.39 is 0 Å². The van der Waals surface area contributed by atoms with Crippen molar-refractivity contribution in [3.8, 4) is 44.5 Å². The maximum Gasteiger partial charge on any atom is 0.136 e. The second-order valence-electron chi connectivity index (χ2n) is 16.0. The third kappa shape index (κ3) is 5.96. The van der Waals surface area contributed by atoms with Crippen LogP contribution in [0.5, 0.6) is 0 Å². The molecule has 0 aliphatic heterocycles. The quantitative estimate of drug-likeness (QED) is 0.160. The van der Waals surface area contributed by atoms with Crippen molar-refractivity contribution in [1.82, 2.24) is 0 Å². The summed E-state index contributed by atoms with van der Waals surface area (Å²) in [7, 11) is 0. The van der Waals surface area contributed by atoms with Crippen LogP contribution in [0.3, 0.4) is 0 Å². The van der Waals surface area contributed by atoms with E-state index in [-0.39, 0.29) is 0 Å². The molecule has 0 bridgehead atoms. The lowest BCUT2D eigenvalue weighted by atomic mass is 9.90. The molecule has 0 saturated heterocycles. The van der Waals surface area contributed by atoms with E-state index in [4.69, 9.17) is 4.42 Å². The lowest BCUT2D eigenvalue weighted by Crippen LogP contribution is -2.11. The Bertz CT molecular complexity index is 3610. The SMILES string of the molecule is c1ccc(-c2cccc3cccc(-c4ccc(N(c5ccc6c(ccc7oc8ccccc8c76)c5)c5ccccc5-c5cccc6cccc(-c7ccccc7)c56)cc4)c23)cc1. The summed E-state index contributed by atoms with van der Waals surface area (Å²) in [6.07, 6.45) is 0. The smallest absolute Gasteiger partial charge is 0.136 e. The van der Waals surface area contributed by atoms with Crippen LogP contribution in [0.4, 0.5) is 17.1 Å². The first-order valence-electron chi connectivity index (χ1n) is 21.3. The number of anilines is 3. The first-order chi connectivity index (χ1) is 30.8. The molecule has 62 heavy (non-hydrogen) atoms. The zero-order chi connectivity index (χ0) is 41.0. The molecule has 0 N–H and O–H groups in total. The van der Waals surface area contributed by atoms with Gasteiger partial charge >= 0.3 is 0 Å². The van der Waals surface area contributed by atoms with Crippen molar-refractivity contribution in [3.05, 3.63) is 237 Å². The highest BCUT2D eigenvalue weighted by Crippen LogP contribution is 2.47. The van der Waals surface area contributed by atoms with E-state index in [2.05, 4.69) is 235 Å². The van der Waals surface area contributed by atoms with E-state index in [1.54, 1.807) is 0 Å². The molecule has 1 aromatic heterocycles. The molecule has 0 spiro atoms. The van der Waals surface area contributed by atoms with Crippen molar-refractivity contribution >= 4 is 71.3 Å². The summed E-state index contributed by atoms with van der Waals surface area (Å²) in [6.45, 7) is 0. The summed E-state index contributed by atoms with van der Waals surface area (Å²) >= 11 is 0. The van der Waals surface area contributed by atoms with E-state index in [9.17, 15) is 0 Å². The topological polar surface area (TPSA) is 16.4 Å². The van der Waals surface area contributed by atoms with Gasteiger partial charge in [-0.25, -0.2) is 0 Å². The Morgan fingerprint density at radius 3 is 1.45 bits per heavy atom. The number of para-hydroxylation sites is 2. The Balaban J connectivity index is 1.07. The summed E-state index contributed by atoms with van der Waals surface area (Å²) in [5, 5.41) is 9.54. The van der Waals surface area contributed by atoms with Crippen molar-refractivity contribution in [2.24, 2.45) is 0 Å². The Kier molecular flexibility index (Phi) is 8.53. The minimum atomic E-state index is 0.901. The Morgan fingerprint density at radius 2 is 0.790 bits per heavy atom. The second kappa shape index (κ2) is 14.8. The lowest BCUT2D eigenvalue weighted by molar-refractivity contribution is 0.669. The summed E-state index contributed by atoms with van der Waals surface area (Å²) in [5.74, 6) is 0. The molecule has 2 nitrogen and oxygen atoms in total. The molecule has 0 aliphatic rings. The number of fused-ring (bicyclic) bond motifs is 7. The second-order valence-corrected chi connectivity index (χ2v) is 16.0. The maximum absolute atomic E-state index is 6.31. The van der Waals surface area contributed by atoms with Gasteiger partial charge in [0.15, 0.2) is 0 Å². The fraction of sp³-hybridized carbons (Fsp3) is 0. The maximum atomic E-state index is 6.31. The van der Waals surface area contributed by atoms with E-state index in [0.717, 1.165) is 50.0 Å². The molecule has 0 saturated carbocycles. The van der Waals surface area contributed by atoms with E-state index in [1.165, 1.54) is 65.9 Å². The van der Waals surface area contributed by atoms with Gasteiger partial charge in [0.25, 0.3) is 0 Å². The molecule has 0 aliphatic carbocycles. The number of benzene rings is 11. The fourth-order valence-electron chi connectivity index (χ4n) is 9.66. The van der Waals surface area contributed by atoms with Gasteiger partial charge in [-0.3, -0.25) is 0 Å². The number of nitrogens with zero attached hydrogens (tertiary/aromatic N) is 1. The Morgan fingerprint density at radius 1 is 0.274 bits per heavy atom. The lowest BCUT2D eigenvalue weighted by Gasteiger charge is -2.29. The van der Waals surface area contributed by atoms with Crippen LogP contribution in [-0.2, 0) is 0 Å². The molecule has 0 amide bonds. The van der Waals surface area contributed by atoms with Crippen LogP contribution in [0.1, 0.15) is 0 Å². The van der Waals surface area contributed by atoms with E-state index >= 15 is 0 Å². The van der Waals surface area contributed by atoms with Crippen LogP contribution in [0.25, 0.3) is 98.8 Å². The highest BCUT2D eigenvalue weighted by Gasteiger charge is 2.21.